The Labute approximate surface area is 148 Å². The molecule has 0 atom stereocenters. The number of carbonyl (C=O) groups excluding carboxylic acids is 1. The zero-order valence-corrected chi connectivity index (χ0v) is 15.6. The number of nitrogens with one attached hydrogen (secondary N) is 2. The molecule has 1 fully saturated rings. The van der Waals surface area contributed by atoms with Gasteiger partial charge in [-0.25, -0.2) is 12.8 Å². The maximum absolute atomic E-state index is 13.5. The molecule has 0 heterocycles. The first-order chi connectivity index (χ1) is 11.6. The van der Waals surface area contributed by atoms with E-state index in [0.717, 1.165) is 44.1 Å². The molecule has 2 N–H and O–H groups in total. The van der Waals surface area contributed by atoms with Crippen molar-refractivity contribution in [2.45, 2.75) is 38.2 Å². The summed E-state index contributed by atoms with van der Waals surface area (Å²) in [5, 5.41) is 2.76. The van der Waals surface area contributed by atoms with Crippen molar-refractivity contribution in [2.75, 3.05) is 24.6 Å². The van der Waals surface area contributed by atoms with Crippen LogP contribution in [0, 0.1) is 11.7 Å². The molecule has 1 aliphatic carbocycles. The number of ether oxygens (including phenoxy) is 1. The van der Waals surface area contributed by atoms with E-state index in [2.05, 4.69) is 17.0 Å². The van der Waals surface area contributed by atoms with E-state index < -0.39 is 27.3 Å². The molecule has 0 saturated heterocycles. The molecule has 1 aromatic rings. The predicted octanol–water partition coefficient (Wildman–Crippen LogP) is 2.52. The summed E-state index contributed by atoms with van der Waals surface area (Å²) in [4.78, 5) is 12.5. The quantitative estimate of drug-likeness (QED) is 0.804. The van der Waals surface area contributed by atoms with Crippen molar-refractivity contribution in [3.8, 4) is 0 Å². The molecule has 25 heavy (non-hydrogen) atoms. The van der Waals surface area contributed by atoms with Crippen molar-refractivity contribution in [2.24, 2.45) is 5.92 Å². The van der Waals surface area contributed by atoms with Gasteiger partial charge in [-0.3, -0.25) is 9.52 Å². The minimum Gasteiger partial charge on any atom is -0.376 e. The highest BCUT2D eigenvalue weighted by Gasteiger charge is 2.34. The minimum absolute atomic E-state index is 0.0464. The average Bonchev–Trinajstić information content (AvgIpc) is 2.55. The number of anilines is 1. The summed E-state index contributed by atoms with van der Waals surface area (Å²) < 4.78 is 44.3. The van der Waals surface area contributed by atoms with Gasteiger partial charge in [-0.05, 0) is 49.8 Å². The molecule has 0 aliphatic heterocycles. The third kappa shape index (κ3) is 5.40. The van der Waals surface area contributed by atoms with Gasteiger partial charge < -0.3 is 10.1 Å². The average molecular weight is 372 g/mol. The number of rotatable bonds is 6. The Balaban J connectivity index is 2.13. The first-order valence-electron chi connectivity index (χ1n) is 8.25. The molecule has 1 saturated carbocycles. The topological polar surface area (TPSA) is 84.5 Å². The molecule has 0 spiro atoms. The van der Waals surface area contributed by atoms with Crippen LogP contribution in [0.2, 0.25) is 0 Å². The van der Waals surface area contributed by atoms with Crippen LogP contribution in [0.25, 0.3) is 0 Å². The molecular formula is C17H25FN2O4S. The minimum atomic E-state index is -3.58. The highest BCUT2D eigenvalue weighted by molar-refractivity contribution is 7.92. The number of halogens is 1. The van der Waals surface area contributed by atoms with Gasteiger partial charge in [0.2, 0.25) is 10.0 Å². The van der Waals surface area contributed by atoms with Gasteiger partial charge in [-0.2, -0.15) is 0 Å². The second-order valence-corrected chi connectivity index (χ2v) is 8.56. The van der Waals surface area contributed by atoms with E-state index in [1.807, 2.05) is 0 Å². The summed E-state index contributed by atoms with van der Waals surface area (Å²) in [5.74, 6) is -0.523. The van der Waals surface area contributed by atoms with Crippen LogP contribution < -0.4 is 10.0 Å². The maximum atomic E-state index is 13.5. The van der Waals surface area contributed by atoms with Gasteiger partial charge in [0, 0.05) is 13.7 Å². The van der Waals surface area contributed by atoms with Crippen LogP contribution in [0.5, 0.6) is 0 Å². The van der Waals surface area contributed by atoms with Crippen LogP contribution in [-0.2, 0) is 14.8 Å². The molecule has 6 nitrogen and oxygen atoms in total. The first kappa shape index (κ1) is 19.7. The van der Waals surface area contributed by atoms with Gasteiger partial charge in [-0.1, -0.05) is 6.92 Å². The molecule has 2 rings (SSSR count). The lowest BCUT2D eigenvalue weighted by molar-refractivity contribution is -0.0446. The summed E-state index contributed by atoms with van der Waals surface area (Å²) >= 11 is 0. The number of benzene rings is 1. The second-order valence-electron chi connectivity index (χ2n) is 6.82. The summed E-state index contributed by atoms with van der Waals surface area (Å²) in [6.45, 7) is 2.48. The Bertz CT molecular complexity index is 728. The molecule has 0 aromatic heterocycles. The summed E-state index contributed by atoms with van der Waals surface area (Å²) in [6.07, 6.45) is 4.68. The number of hydrogen-bond acceptors (Lipinski definition) is 4. The highest BCUT2D eigenvalue weighted by atomic mass is 32.2. The summed E-state index contributed by atoms with van der Waals surface area (Å²) in [7, 11) is -1.96. The number of amides is 1. The number of carbonyl (C=O) groups is 1. The molecule has 0 unspecified atom stereocenters. The van der Waals surface area contributed by atoms with Crippen molar-refractivity contribution < 1.29 is 22.3 Å². The van der Waals surface area contributed by atoms with Gasteiger partial charge in [0.25, 0.3) is 5.91 Å². The molecular weight excluding hydrogens is 347 g/mol. The number of hydrogen-bond donors (Lipinski definition) is 2. The normalized spacial score (nSPS) is 23.9. The maximum Gasteiger partial charge on any atom is 0.253 e. The fourth-order valence-corrected chi connectivity index (χ4v) is 3.65. The van der Waals surface area contributed by atoms with Crippen molar-refractivity contribution in [3.63, 3.8) is 0 Å². The van der Waals surface area contributed by atoms with E-state index >= 15 is 0 Å². The zero-order valence-electron chi connectivity index (χ0n) is 14.8. The van der Waals surface area contributed by atoms with Crippen molar-refractivity contribution in [1.82, 2.24) is 5.32 Å². The highest BCUT2D eigenvalue weighted by Crippen LogP contribution is 2.34. The lowest BCUT2D eigenvalue weighted by Crippen LogP contribution is -2.46. The largest absolute Gasteiger partial charge is 0.376 e. The fourth-order valence-electron chi connectivity index (χ4n) is 3.07. The molecule has 1 aliphatic rings. The van der Waals surface area contributed by atoms with Crippen molar-refractivity contribution >= 4 is 21.6 Å². The van der Waals surface area contributed by atoms with E-state index in [1.165, 1.54) is 6.07 Å². The Morgan fingerprint density at radius 1 is 1.36 bits per heavy atom. The van der Waals surface area contributed by atoms with Gasteiger partial charge >= 0.3 is 0 Å². The van der Waals surface area contributed by atoms with Gasteiger partial charge in [0.1, 0.15) is 5.82 Å². The van der Waals surface area contributed by atoms with Gasteiger partial charge in [0.15, 0.2) is 0 Å². The molecule has 0 bridgehead atoms. The van der Waals surface area contributed by atoms with Crippen LogP contribution in [0.1, 0.15) is 43.0 Å². The third-order valence-corrected chi connectivity index (χ3v) is 5.30. The molecule has 140 valence electrons. The van der Waals surface area contributed by atoms with E-state index in [4.69, 9.17) is 4.74 Å². The van der Waals surface area contributed by atoms with Crippen LogP contribution in [-0.4, -0.2) is 39.8 Å². The SMILES string of the molecule is COC1(CNC(=O)c2cc(F)ccc2NS(C)(=O)=O)CCC(C)CC1. The Morgan fingerprint density at radius 2 is 2.00 bits per heavy atom. The van der Waals surface area contributed by atoms with E-state index in [9.17, 15) is 17.6 Å². The third-order valence-electron chi connectivity index (χ3n) is 4.71. The number of methoxy groups -OCH3 is 1. The van der Waals surface area contributed by atoms with Crippen molar-refractivity contribution in [3.05, 3.63) is 29.6 Å². The molecule has 1 amide bonds. The lowest BCUT2D eigenvalue weighted by atomic mass is 9.79. The molecule has 0 radical (unpaired) electrons. The Hall–Kier alpha value is -1.67. The van der Waals surface area contributed by atoms with E-state index in [0.29, 0.717) is 12.5 Å². The summed E-state index contributed by atoms with van der Waals surface area (Å²) in [5.41, 5.74) is -0.439. The lowest BCUT2D eigenvalue weighted by Gasteiger charge is -2.38. The monoisotopic (exact) mass is 372 g/mol. The Kier molecular flexibility index (Phi) is 6.05. The molecule has 8 heteroatoms. The predicted molar refractivity (Wildman–Crippen MR) is 94.6 cm³/mol. The summed E-state index contributed by atoms with van der Waals surface area (Å²) in [6, 6.07) is 3.36. The van der Waals surface area contributed by atoms with Crippen LogP contribution in [0.15, 0.2) is 18.2 Å². The van der Waals surface area contributed by atoms with Gasteiger partial charge in [-0.15, -0.1) is 0 Å². The van der Waals surface area contributed by atoms with Crippen LogP contribution in [0.4, 0.5) is 10.1 Å². The van der Waals surface area contributed by atoms with Crippen LogP contribution in [0.3, 0.4) is 0 Å². The standard InChI is InChI=1S/C17H25FN2O4S/c1-12-6-8-17(24-2,9-7-12)11-19-16(21)14-10-13(18)4-5-15(14)20-25(3,22)23/h4-5,10,12,20H,6-9,11H2,1-3H3,(H,19,21). The molecule has 1 aromatic carbocycles. The van der Waals surface area contributed by atoms with Crippen LogP contribution >= 0.6 is 0 Å². The van der Waals surface area contributed by atoms with Crippen molar-refractivity contribution in [1.29, 1.82) is 0 Å². The zero-order chi connectivity index (χ0) is 18.7. The first-order valence-corrected chi connectivity index (χ1v) is 10.1. The Morgan fingerprint density at radius 3 is 2.56 bits per heavy atom. The smallest absolute Gasteiger partial charge is 0.253 e. The second kappa shape index (κ2) is 7.70. The van der Waals surface area contributed by atoms with E-state index in [-0.39, 0.29) is 11.3 Å². The van der Waals surface area contributed by atoms with Gasteiger partial charge in [0.05, 0.1) is 23.1 Å². The number of sulfonamides is 1. The van der Waals surface area contributed by atoms with E-state index in [1.54, 1.807) is 7.11 Å². The fraction of sp³-hybridized carbons (Fsp3) is 0.588.